The van der Waals surface area contributed by atoms with Crippen LogP contribution >= 0.6 is 11.6 Å². The molecule has 0 aliphatic carbocycles. The van der Waals surface area contributed by atoms with E-state index in [4.69, 9.17) is 35.5 Å². The highest BCUT2D eigenvalue weighted by Gasteiger charge is 2.22. The average molecular weight is 592 g/mol. The van der Waals surface area contributed by atoms with E-state index in [0.29, 0.717) is 27.3 Å². The van der Waals surface area contributed by atoms with E-state index in [9.17, 15) is 9.59 Å². The summed E-state index contributed by atoms with van der Waals surface area (Å²) in [5, 5.41) is 5.36. The number of fused-ring (bicyclic) bond motifs is 1. The number of aryl methyl sites for hydroxylation is 1. The molecule has 0 saturated carbocycles. The molecular weight excluding hydrogens is 558 g/mol. The highest BCUT2D eigenvalue weighted by Crippen LogP contribution is 2.36. The fourth-order valence-corrected chi connectivity index (χ4v) is 4.76. The molecule has 9 nitrogen and oxygen atoms in total. The molecule has 4 rings (SSSR count). The van der Waals surface area contributed by atoms with Crippen LogP contribution in [0.15, 0.2) is 58.4 Å². The number of carbonyl (C=O) groups is 1. The number of carbonyl (C=O) groups excluding carboxylic acids is 1. The molecule has 0 aliphatic rings. The summed E-state index contributed by atoms with van der Waals surface area (Å²) in [7, 11) is 3.10. The number of hydrogen-bond acceptors (Lipinski definition) is 8. The Kier molecular flexibility index (Phi) is 9.52. The second-order valence-electron chi connectivity index (χ2n) is 9.92. The number of benzene rings is 3. The van der Waals surface area contributed by atoms with E-state index in [-0.39, 0.29) is 29.6 Å². The summed E-state index contributed by atoms with van der Waals surface area (Å²) in [6.07, 6.45) is 0.495. The summed E-state index contributed by atoms with van der Waals surface area (Å²) in [5.74, 6) is 1.24. The lowest BCUT2D eigenvalue weighted by molar-refractivity contribution is -0.150. The smallest absolute Gasteiger partial charge is 0.347 e. The number of hydrogen-bond donors (Lipinski definition) is 0. The highest BCUT2D eigenvalue weighted by atomic mass is 35.5. The Balaban J connectivity index is 1.95. The number of aromatic nitrogens is 2. The third kappa shape index (κ3) is 6.26. The van der Waals surface area contributed by atoms with Crippen LogP contribution in [0.5, 0.6) is 17.2 Å². The molecule has 3 aromatic carbocycles. The van der Waals surface area contributed by atoms with Crippen molar-refractivity contribution in [3.8, 4) is 28.6 Å². The Hall–Kier alpha value is -4.37. The summed E-state index contributed by atoms with van der Waals surface area (Å²) < 4.78 is 23.4. The van der Waals surface area contributed by atoms with E-state index >= 15 is 0 Å². The van der Waals surface area contributed by atoms with Gasteiger partial charge in [0.25, 0.3) is 5.56 Å². The molecule has 10 heteroatoms. The van der Waals surface area contributed by atoms with Crippen molar-refractivity contribution >= 4 is 34.7 Å². The number of halogens is 1. The van der Waals surface area contributed by atoms with Gasteiger partial charge in [-0.05, 0) is 68.1 Å². The van der Waals surface area contributed by atoms with Crippen molar-refractivity contribution in [2.24, 2.45) is 5.10 Å². The van der Waals surface area contributed by atoms with E-state index < -0.39 is 12.1 Å². The van der Waals surface area contributed by atoms with Crippen LogP contribution < -0.4 is 19.8 Å². The zero-order valence-electron chi connectivity index (χ0n) is 24.7. The first-order chi connectivity index (χ1) is 20.1. The number of methoxy groups -OCH3 is 2. The molecular formula is C32H34ClN3O6. The van der Waals surface area contributed by atoms with Gasteiger partial charge in [0.1, 0.15) is 5.75 Å². The van der Waals surface area contributed by atoms with Crippen LogP contribution in [-0.2, 0) is 9.53 Å². The van der Waals surface area contributed by atoms with Crippen LogP contribution in [0.1, 0.15) is 50.3 Å². The van der Waals surface area contributed by atoms with E-state index in [1.54, 1.807) is 51.3 Å². The monoisotopic (exact) mass is 591 g/mol. The van der Waals surface area contributed by atoms with E-state index in [1.807, 2.05) is 25.1 Å². The van der Waals surface area contributed by atoms with E-state index in [0.717, 1.165) is 22.4 Å². The maximum atomic E-state index is 13.9. The van der Waals surface area contributed by atoms with Crippen molar-refractivity contribution in [1.29, 1.82) is 0 Å². The van der Waals surface area contributed by atoms with Gasteiger partial charge in [0.05, 0.1) is 37.9 Å². The number of rotatable bonds is 10. The van der Waals surface area contributed by atoms with Crippen LogP contribution in [0.3, 0.4) is 0 Å². The molecule has 0 saturated heterocycles. The number of esters is 1. The minimum absolute atomic E-state index is 0.156. The lowest BCUT2D eigenvalue weighted by atomic mass is 9.96. The van der Waals surface area contributed by atoms with Crippen LogP contribution in [0.4, 0.5) is 0 Å². The first-order valence-corrected chi connectivity index (χ1v) is 13.9. The number of para-hydroxylation sites is 1. The Morgan fingerprint density at radius 3 is 2.45 bits per heavy atom. The molecule has 42 heavy (non-hydrogen) atoms. The average Bonchev–Trinajstić information content (AvgIpc) is 2.97. The third-order valence-electron chi connectivity index (χ3n) is 6.69. The van der Waals surface area contributed by atoms with Crippen molar-refractivity contribution in [3.63, 3.8) is 0 Å². The second-order valence-corrected chi connectivity index (χ2v) is 10.4. The van der Waals surface area contributed by atoms with Gasteiger partial charge in [-0.3, -0.25) is 4.79 Å². The maximum absolute atomic E-state index is 13.9. The molecule has 1 heterocycles. The third-order valence-corrected chi connectivity index (χ3v) is 6.91. The fourth-order valence-electron chi connectivity index (χ4n) is 4.54. The first kappa shape index (κ1) is 30.6. The Morgan fingerprint density at radius 1 is 1.07 bits per heavy atom. The van der Waals surface area contributed by atoms with E-state index in [1.165, 1.54) is 18.0 Å². The predicted octanol–water partition coefficient (Wildman–Crippen LogP) is 6.38. The summed E-state index contributed by atoms with van der Waals surface area (Å²) in [5.41, 5.74) is 3.14. The van der Waals surface area contributed by atoms with Gasteiger partial charge in [-0.1, -0.05) is 37.6 Å². The van der Waals surface area contributed by atoms with Crippen molar-refractivity contribution < 1.29 is 23.7 Å². The Morgan fingerprint density at radius 2 is 1.79 bits per heavy atom. The summed E-state index contributed by atoms with van der Waals surface area (Å²) in [4.78, 5) is 31.0. The number of nitrogens with zero attached hydrogens (tertiary/aromatic N) is 3. The molecule has 0 N–H and O–H groups in total. The standard InChI is InChI=1S/C32H34ClN3O6/c1-8-41-32(38)20(5)42-29-21(14-22(33)15-28(29)40-7)17-34-36-30(35-26-12-10-9-11-23(26)31(36)37)25-16-24(18(2)3)27(39-6)13-19(25)4/h9-18,20H,8H2,1-7H3/t20-/m1/s1. The topological polar surface area (TPSA) is 101 Å². The van der Waals surface area contributed by atoms with Crippen molar-refractivity contribution in [1.82, 2.24) is 9.66 Å². The van der Waals surface area contributed by atoms with Crippen molar-refractivity contribution in [2.75, 3.05) is 20.8 Å². The Labute approximate surface area is 249 Å². The molecule has 4 aromatic rings. The van der Waals surface area contributed by atoms with Gasteiger partial charge >= 0.3 is 5.97 Å². The minimum Gasteiger partial charge on any atom is -0.496 e. The fraction of sp³-hybridized carbons (Fsp3) is 0.312. The van der Waals surface area contributed by atoms with Gasteiger partial charge in [-0.25, -0.2) is 9.78 Å². The molecule has 220 valence electrons. The van der Waals surface area contributed by atoms with Crippen LogP contribution in [0, 0.1) is 6.92 Å². The van der Waals surface area contributed by atoms with Crippen molar-refractivity contribution in [3.05, 3.63) is 80.6 Å². The summed E-state index contributed by atoms with van der Waals surface area (Å²) in [6.45, 7) is 9.57. The zero-order valence-corrected chi connectivity index (χ0v) is 25.5. The summed E-state index contributed by atoms with van der Waals surface area (Å²) >= 11 is 6.38. The quantitative estimate of drug-likeness (QED) is 0.156. The summed E-state index contributed by atoms with van der Waals surface area (Å²) in [6, 6.07) is 14.2. The second kappa shape index (κ2) is 13.1. The molecule has 0 fully saturated rings. The van der Waals surface area contributed by atoms with E-state index in [2.05, 4.69) is 18.9 Å². The van der Waals surface area contributed by atoms with Crippen LogP contribution in [0.2, 0.25) is 5.02 Å². The SMILES string of the molecule is CCOC(=O)[C@@H](C)Oc1c(C=Nn2c(-c3cc(C(C)C)c(OC)cc3C)nc3ccccc3c2=O)cc(Cl)cc1OC. The van der Waals surface area contributed by atoms with Crippen LogP contribution in [-0.4, -0.2) is 48.8 Å². The molecule has 0 aliphatic heterocycles. The molecule has 0 spiro atoms. The van der Waals surface area contributed by atoms with Gasteiger partial charge in [-0.2, -0.15) is 9.78 Å². The van der Waals surface area contributed by atoms with Gasteiger partial charge in [0, 0.05) is 22.2 Å². The van der Waals surface area contributed by atoms with Gasteiger partial charge in [-0.15, -0.1) is 0 Å². The normalized spacial score (nSPS) is 12.1. The van der Waals surface area contributed by atoms with Gasteiger partial charge in [0.15, 0.2) is 23.4 Å². The lowest BCUT2D eigenvalue weighted by Gasteiger charge is -2.18. The maximum Gasteiger partial charge on any atom is 0.347 e. The zero-order chi connectivity index (χ0) is 30.6. The predicted molar refractivity (Wildman–Crippen MR) is 165 cm³/mol. The molecule has 0 radical (unpaired) electrons. The minimum atomic E-state index is -0.941. The molecule has 1 aromatic heterocycles. The first-order valence-electron chi connectivity index (χ1n) is 13.5. The largest absolute Gasteiger partial charge is 0.496 e. The molecule has 1 atom stereocenters. The number of ether oxygens (including phenoxy) is 4. The van der Waals surface area contributed by atoms with Crippen molar-refractivity contribution in [2.45, 2.75) is 46.6 Å². The molecule has 0 bridgehead atoms. The Bertz CT molecular complexity index is 1710. The highest BCUT2D eigenvalue weighted by molar-refractivity contribution is 6.31. The lowest BCUT2D eigenvalue weighted by Crippen LogP contribution is -2.26. The molecule has 0 unspecified atom stereocenters. The van der Waals surface area contributed by atoms with Gasteiger partial charge < -0.3 is 18.9 Å². The van der Waals surface area contributed by atoms with Gasteiger partial charge in [0.2, 0.25) is 0 Å². The molecule has 0 amide bonds. The van der Waals surface area contributed by atoms with Crippen LogP contribution in [0.25, 0.3) is 22.3 Å².